The fourth-order valence-corrected chi connectivity index (χ4v) is 3.36. The maximum absolute atomic E-state index is 6.31. The zero-order valence-corrected chi connectivity index (χ0v) is 12.4. The van der Waals surface area contributed by atoms with E-state index in [-0.39, 0.29) is 6.04 Å². The Balaban J connectivity index is 1.69. The molecule has 3 rings (SSSR count). The summed E-state index contributed by atoms with van der Waals surface area (Å²) in [6.45, 7) is 5.67. The van der Waals surface area contributed by atoms with E-state index in [4.69, 9.17) is 5.73 Å². The molecule has 0 amide bonds. The lowest BCUT2D eigenvalue weighted by atomic mass is 9.74. The van der Waals surface area contributed by atoms with E-state index < -0.39 is 0 Å². The summed E-state index contributed by atoms with van der Waals surface area (Å²) in [7, 11) is 0. The number of nitrogens with two attached hydrogens (primary N) is 1. The van der Waals surface area contributed by atoms with Crippen molar-refractivity contribution in [2.45, 2.75) is 52.1 Å². The SMILES string of the molecule is CC1(C)Cc2c(ccn2CCCc2ncc[nH]2)C(N)C1. The van der Waals surface area contributed by atoms with Crippen LogP contribution in [-0.2, 0) is 19.4 Å². The average Bonchev–Trinajstić information content (AvgIpc) is 2.98. The highest BCUT2D eigenvalue weighted by atomic mass is 15.0. The van der Waals surface area contributed by atoms with E-state index in [1.807, 2.05) is 12.4 Å². The standard InChI is InChI=1S/C16H24N4/c1-16(2)10-13(17)12-5-9-20(14(12)11-16)8-3-4-15-18-6-7-19-15/h5-7,9,13H,3-4,8,10-11,17H2,1-2H3,(H,18,19). The third kappa shape index (κ3) is 2.66. The van der Waals surface area contributed by atoms with Gasteiger partial charge in [0.2, 0.25) is 0 Å². The van der Waals surface area contributed by atoms with Crippen LogP contribution < -0.4 is 5.73 Å². The first-order chi connectivity index (χ1) is 9.55. The molecule has 1 unspecified atom stereocenters. The van der Waals surface area contributed by atoms with Crippen LogP contribution in [0.5, 0.6) is 0 Å². The molecule has 0 saturated carbocycles. The molecule has 2 heterocycles. The van der Waals surface area contributed by atoms with Crippen LogP contribution in [0, 0.1) is 5.41 Å². The van der Waals surface area contributed by atoms with Gasteiger partial charge in [-0.3, -0.25) is 0 Å². The van der Waals surface area contributed by atoms with Gasteiger partial charge >= 0.3 is 0 Å². The summed E-state index contributed by atoms with van der Waals surface area (Å²) in [6, 6.07) is 2.40. The van der Waals surface area contributed by atoms with E-state index in [1.54, 1.807) is 0 Å². The van der Waals surface area contributed by atoms with Gasteiger partial charge in [0.05, 0.1) is 0 Å². The lowest BCUT2D eigenvalue weighted by Gasteiger charge is -2.34. The van der Waals surface area contributed by atoms with Gasteiger partial charge < -0.3 is 15.3 Å². The van der Waals surface area contributed by atoms with Crippen LogP contribution in [0.15, 0.2) is 24.7 Å². The van der Waals surface area contributed by atoms with Crippen molar-refractivity contribution in [1.29, 1.82) is 0 Å². The van der Waals surface area contributed by atoms with Crippen molar-refractivity contribution in [3.63, 3.8) is 0 Å². The number of imidazole rings is 1. The Morgan fingerprint density at radius 1 is 1.50 bits per heavy atom. The molecule has 0 fully saturated rings. The van der Waals surface area contributed by atoms with E-state index in [1.165, 1.54) is 11.3 Å². The average molecular weight is 272 g/mol. The molecule has 3 N–H and O–H groups in total. The molecule has 0 radical (unpaired) electrons. The molecule has 20 heavy (non-hydrogen) atoms. The van der Waals surface area contributed by atoms with E-state index >= 15 is 0 Å². The number of aryl methyl sites for hydroxylation is 2. The molecule has 0 aromatic carbocycles. The van der Waals surface area contributed by atoms with Crippen LogP contribution in [-0.4, -0.2) is 14.5 Å². The van der Waals surface area contributed by atoms with Crippen molar-refractivity contribution >= 4 is 0 Å². The largest absolute Gasteiger partial charge is 0.351 e. The predicted molar refractivity (Wildman–Crippen MR) is 80.4 cm³/mol. The van der Waals surface area contributed by atoms with Gasteiger partial charge in [0, 0.05) is 43.3 Å². The molecule has 4 heteroatoms. The molecule has 0 spiro atoms. The van der Waals surface area contributed by atoms with Gasteiger partial charge in [0.15, 0.2) is 0 Å². The Morgan fingerprint density at radius 2 is 2.35 bits per heavy atom. The Hall–Kier alpha value is -1.55. The first-order valence-electron chi connectivity index (χ1n) is 7.47. The normalized spacial score (nSPS) is 20.9. The summed E-state index contributed by atoms with van der Waals surface area (Å²) in [5.41, 5.74) is 9.41. The molecule has 0 aliphatic heterocycles. The Morgan fingerprint density at radius 3 is 3.10 bits per heavy atom. The van der Waals surface area contributed by atoms with Gasteiger partial charge in [-0.2, -0.15) is 0 Å². The fourth-order valence-electron chi connectivity index (χ4n) is 3.36. The van der Waals surface area contributed by atoms with Crippen LogP contribution in [0.3, 0.4) is 0 Å². The zero-order chi connectivity index (χ0) is 14.2. The number of rotatable bonds is 4. The number of H-pyrrole nitrogens is 1. The van der Waals surface area contributed by atoms with Crippen molar-refractivity contribution in [3.8, 4) is 0 Å². The van der Waals surface area contributed by atoms with E-state index in [9.17, 15) is 0 Å². The number of nitrogens with zero attached hydrogens (tertiary/aromatic N) is 2. The Bertz CT molecular complexity index is 565. The van der Waals surface area contributed by atoms with Gasteiger partial charge in [-0.1, -0.05) is 13.8 Å². The molecule has 4 nitrogen and oxygen atoms in total. The third-order valence-electron chi connectivity index (χ3n) is 4.30. The molecule has 1 atom stereocenters. The summed E-state index contributed by atoms with van der Waals surface area (Å²) in [6.07, 6.45) is 10.2. The highest BCUT2D eigenvalue weighted by Crippen LogP contribution is 2.39. The summed E-state index contributed by atoms with van der Waals surface area (Å²) in [5.74, 6) is 1.07. The number of aromatic amines is 1. The number of aromatic nitrogens is 3. The molecular weight excluding hydrogens is 248 g/mol. The van der Waals surface area contributed by atoms with E-state index in [2.05, 4.69) is 40.6 Å². The Labute approximate surface area is 120 Å². The summed E-state index contributed by atoms with van der Waals surface area (Å²) < 4.78 is 2.39. The van der Waals surface area contributed by atoms with E-state index in [0.717, 1.165) is 38.1 Å². The molecule has 1 aliphatic carbocycles. The number of nitrogens with one attached hydrogen (secondary N) is 1. The zero-order valence-electron chi connectivity index (χ0n) is 12.4. The number of hydrogen-bond donors (Lipinski definition) is 2. The fraction of sp³-hybridized carbons (Fsp3) is 0.562. The highest BCUT2D eigenvalue weighted by molar-refractivity contribution is 5.30. The van der Waals surface area contributed by atoms with Crippen molar-refractivity contribution in [2.24, 2.45) is 11.1 Å². The molecule has 108 valence electrons. The third-order valence-corrected chi connectivity index (χ3v) is 4.30. The number of fused-ring (bicyclic) bond motifs is 1. The second kappa shape index (κ2) is 5.09. The minimum Gasteiger partial charge on any atom is -0.351 e. The van der Waals surface area contributed by atoms with Crippen molar-refractivity contribution in [3.05, 3.63) is 41.7 Å². The van der Waals surface area contributed by atoms with E-state index in [0.29, 0.717) is 5.41 Å². The highest BCUT2D eigenvalue weighted by Gasteiger charge is 2.32. The smallest absolute Gasteiger partial charge is 0.106 e. The topological polar surface area (TPSA) is 59.6 Å². The van der Waals surface area contributed by atoms with Gasteiger partial charge in [-0.05, 0) is 36.3 Å². The van der Waals surface area contributed by atoms with Gasteiger partial charge in [0.1, 0.15) is 5.82 Å². The quantitative estimate of drug-likeness (QED) is 0.899. The number of hydrogen-bond acceptors (Lipinski definition) is 2. The first-order valence-corrected chi connectivity index (χ1v) is 7.47. The lowest BCUT2D eigenvalue weighted by molar-refractivity contribution is 0.275. The minimum absolute atomic E-state index is 0.195. The van der Waals surface area contributed by atoms with Crippen LogP contribution in [0.4, 0.5) is 0 Å². The Kier molecular flexibility index (Phi) is 3.42. The van der Waals surface area contributed by atoms with Crippen molar-refractivity contribution in [1.82, 2.24) is 14.5 Å². The summed E-state index contributed by atoms with van der Waals surface area (Å²) >= 11 is 0. The summed E-state index contributed by atoms with van der Waals surface area (Å²) in [4.78, 5) is 7.43. The monoisotopic (exact) mass is 272 g/mol. The molecule has 2 aromatic rings. The summed E-state index contributed by atoms with van der Waals surface area (Å²) in [5, 5.41) is 0. The second-order valence-electron chi connectivity index (χ2n) is 6.70. The lowest BCUT2D eigenvalue weighted by Crippen LogP contribution is -2.30. The van der Waals surface area contributed by atoms with Crippen LogP contribution in [0.1, 0.15) is 49.8 Å². The van der Waals surface area contributed by atoms with Crippen molar-refractivity contribution in [2.75, 3.05) is 0 Å². The van der Waals surface area contributed by atoms with Gasteiger partial charge in [-0.25, -0.2) is 4.98 Å². The maximum Gasteiger partial charge on any atom is 0.106 e. The van der Waals surface area contributed by atoms with Crippen molar-refractivity contribution < 1.29 is 0 Å². The van der Waals surface area contributed by atoms with Gasteiger partial charge in [-0.15, -0.1) is 0 Å². The van der Waals surface area contributed by atoms with Gasteiger partial charge in [0.25, 0.3) is 0 Å². The van der Waals surface area contributed by atoms with Crippen LogP contribution >= 0.6 is 0 Å². The van der Waals surface area contributed by atoms with Crippen LogP contribution in [0.25, 0.3) is 0 Å². The molecular formula is C16H24N4. The predicted octanol–water partition coefficient (Wildman–Crippen LogP) is 2.82. The minimum atomic E-state index is 0.195. The maximum atomic E-state index is 6.31. The second-order valence-corrected chi connectivity index (χ2v) is 6.70. The molecule has 0 bridgehead atoms. The molecule has 1 aliphatic rings. The molecule has 0 saturated heterocycles. The van der Waals surface area contributed by atoms with Crippen LogP contribution in [0.2, 0.25) is 0 Å². The first kappa shape index (κ1) is 13.4. The molecule has 2 aromatic heterocycles.